The maximum atomic E-state index is 13.8. The van der Waals surface area contributed by atoms with E-state index in [1.54, 1.807) is 30.1 Å². The Morgan fingerprint density at radius 1 is 1.11 bits per heavy atom. The molecule has 0 amide bonds. The molecule has 0 aliphatic carbocycles. The predicted octanol–water partition coefficient (Wildman–Crippen LogP) is 4.77. The SMILES string of the molecule is COc1cc(/C=C/c2nc3n(n2)CCC[C@@H]3c2cc(F)c(F)c(F)c2)ncc1N1C=C(C)N(C)C1. The first-order chi connectivity index (χ1) is 16.8. The van der Waals surface area contributed by atoms with Crippen molar-refractivity contribution in [3.8, 4) is 5.75 Å². The highest BCUT2D eigenvalue weighted by molar-refractivity contribution is 5.69. The maximum Gasteiger partial charge on any atom is 0.194 e. The van der Waals surface area contributed by atoms with Crippen molar-refractivity contribution < 1.29 is 17.9 Å². The molecule has 0 spiro atoms. The van der Waals surface area contributed by atoms with Crippen LogP contribution >= 0.6 is 0 Å². The Morgan fingerprint density at radius 2 is 1.89 bits per heavy atom. The summed E-state index contributed by atoms with van der Waals surface area (Å²) >= 11 is 0. The van der Waals surface area contributed by atoms with Crippen LogP contribution in [0.3, 0.4) is 0 Å². The van der Waals surface area contributed by atoms with Crippen molar-refractivity contribution in [1.29, 1.82) is 0 Å². The molecule has 0 unspecified atom stereocenters. The minimum absolute atomic E-state index is 0.351. The van der Waals surface area contributed by atoms with Gasteiger partial charge in [0.05, 0.1) is 25.7 Å². The average molecular weight is 483 g/mol. The van der Waals surface area contributed by atoms with Gasteiger partial charge in [-0.05, 0) is 49.6 Å². The summed E-state index contributed by atoms with van der Waals surface area (Å²) in [5, 5.41) is 4.52. The van der Waals surface area contributed by atoms with Crippen molar-refractivity contribution in [2.75, 3.05) is 25.7 Å². The van der Waals surface area contributed by atoms with Gasteiger partial charge in [-0.15, -0.1) is 0 Å². The second-order valence-electron chi connectivity index (χ2n) is 8.74. The van der Waals surface area contributed by atoms with Gasteiger partial charge >= 0.3 is 0 Å². The number of benzene rings is 1. The van der Waals surface area contributed by atoms with Gasteiger partial charge in [-0.3, -0.25) is 4.98 Å². The summed E-state index contributed by atoms with van der Waals surface area (Å²) in [6.45, 7) is 3.41. The van der Waals surface area contributed by atoms with E-state index in [1.165, 1.54) is 0 Å². The lowest BCUT2D eigenvalue weighted by Crippen LogP contribution is -2.23. The molecule has 0 saturated carbocycles. The lowest BCUT2D eigenvalue weighted by atomic mass is 9.91. The maximum absolute atomic E-state index is 13.8. The minimum Gasteiger partial charge on any atom is -0.494 e. The molecule has 1 atom stereocenters. The topological polar surface area (TPSA) is 59.3 Å². The zero-order valence-corrected chi connectivity index (χ0v) is 19.7. The number of anilines is 1. The molecule has 0 saturated heterocycles. The van der Waals surface area contributed by atoms with E-state index < -0.39 is 17.5 Å². The first kappa shape index (κ1) is 22.9. The van der Waals surface area contributed by atoms with Gasteiger partial charge in [-0.2, -0.15) is 5.10 Å². The largest absolute Gasteiger partial charge is 0.494 e. The van der Waals surface area contributed by atoms with Gasteiger partial charge in [0.1, 0.15) is 17.3 Å². The zero-order chi connectivity index (χ0) is 24.7. The molecule has 0 fully saturated rings. The average Bonchev–Trinajstić information content (AvgIpc) is 3.42. The second-order valence-corrected chi connectivity index (χ2v) is 8.74. The number of fused-ring (bicyclic) bond motifs is 1. The standard InChI is InChI=1S/C25H25F3N6O/c1-15-13-33(14-32(15)2)21-12-29-17(11-22(21)35-3)6-7-23-30-25-18(5-4-8-34(25)31-23)16-9-19(26)24(28)20(27)10-16/h6-7,9-13,18H,4-5,8,14H2,1-3H3/b7-6+/t18-/m1/s1. The molecular formula is C25H25F3N6O. The van der Waals surface area contributed by atoms with Crippen molar-refractivity contribution in [1.82, 2.24) is 24.6 Å². The van der Waals surface area contributed by atoms with Crippen LogP contribution in [-0.4, -0.2) is 45.5 Å². The molecule has 1 aromatic carbocycles. The minimum atomic E-state index is -1.47. The summed E-state index contributed by atoms with van der Waals surface area (Å²) in [5.74, 6) is -2.49. The first-order valence-corrected chi connectivity index (χ1v) is 11.3. The molecule has 0 bridgehead atoms. The molecule has 5 rings (SSSR count). The van der Waals surface area contributed by atoms with Crippen molar-refractivity contribution in [3.63, 3.8) is 0 Å². The van der Waals surface area contributed by atoms with E-state index in [-0.39, 0.29) is 5.92 Å². The summed E-state index contributed by atoms with van der Waals surface area (Å²) in [6, 6.07) is 3.92. The molecular weight excluding hydrogens is 457 g/mol. The summed E-state index contributed by atoms with van der Waals surface area (Å²) < 4.78 is 48.4. The van der Waals surface area contributed by atoms with Gasteiger partial charge in [0.25, 0.3) is 0 Å². The highest BCUT2D eigenvalue weighted by atomic mass is 19.2. The smallest absolute Gasteiger partial charge is 0.194 e. The van der Waals surface area contributed by atoms with E-state index in [0.29, 0.717) is 48.3 Å². The van der Waals surface area contributed by atoms with Crippen LogP contribution < -0.4 is 9.64 Å². The van der Waals surface area contributed by atoms with E-state index in [4.69, 9.17) is 4.74 Å². The first-order valence-electron chi connectivity index (χ1n) is 11.3. The molecule has 0 N–H and O–H groups in total. The fourth-order valence-electron chi connectivity index (χ4n) is 4.46. The fourth-order valence-corrected chi connectivity index (χ4v) is 4.46. The van der Waals surface area contributed by atoms with Gasteiger partial charge in [0, 0.05) is 37.5 Å². The molecule has 182 valence electrons. The predicted molar refractivity (Wildman–Crippen MR) is 126 cm³/mol. The van der Waals surface area contributed by atoms with Crippen LogP contribution in [0.15, 0.2) is 36.3 Å². The molecule has 2 aliphatic heterocycles. The molecule has 35 heavy (non-hydrogen) atoms. The molecule has 4 heterocycles. The molecule has 7 nitrogen and oxygen atoms in total. The molecule has 10 heteroatoms. The van der Waals surface area contributed by atoms with Gasteiger partial charge in [0.15, 0.2) is 23.3 Å². The highest BCUT2D eigenvalue weighted by Gasteiger charge is 2.27. The number of allylic oxidation sites excluding steroid dienone is 1. The number of halogens is 3. The number of ether oxygens (including phenoxy) is 1. The number of aromatic nitrogens is 4. The van der Waals surface area contributed by atoms with Crippen molar-refractivity contribution in [2.45, 2.75) is 32.2 Å². The van der Waals surface area contributed by atoms with Crippen LogP contribution in [0.5, 0.6) is 5.75 Å². The van der Waals surface area contributed by atoms with Gasteiger partial charge in [-0.25, -0.2) is 22.8 Å². The number of hydrogen-bond donors (Lipinski definition) is 0. The van der Waals surface area contributed by atoms with Crippen molar-refractivity contribution in [2.24, 2.45) is 0 Å². The van der Waals surface area contributed by atoms with E-state index >= 15 is 0 Å². The molecule has 0 radical (unpaired) electrons. The Morgan fingerprint density at radius 3 is 2.57 bits per heavy atom. The van der Waals surface area contributed by atoms with E-state index in [2.05, 4.69) is 24.9 Å². The normalized spacial score (nSPS) is 17.8. The molecule has 3 aromatic rings. The zero-order valence-electron chi connectivity index (χ0n) is 19.7. The highest BCUT2D eigenvalue weighted by Crippen LogP contribution is 2.34. The summed E-state index contributed by atoms with van der Waals surface area (Å²) in [4.78, 5) is 13.3. The van der Waals surface area contributed by atoms with Crippen molar-refractivity contribution in [3.05, 3.63) is 76.7 Å². The number of aryl methyl sites for hydroxylation is 1. The van der Waals surface area contributed by atoms with E-state index in [9.17, 15) is 13.2 Å². The Hall–Kier alpha value is -3.82. The summed E-state index contributed by atoms with van der Waals surface area (Å²) in [5.41, 5.74) is 3.04. The third kappa shape index (κ3) is 4.36. The lowest BCUT2D eigenvalue weighted by Gasteiger charge is -2.22. The number of hydrogen-bond acceptors (Lipinski definition) is 6. The Bertz CT molecular complexity index is 1310. The summed E-state index contributed by atoms with van der Waals surface area (Å²) in [6.07, 6.45) is 8.75. The van der Waals surface area contributed by atoms with Crippen LogP contribution in [0.4, 0.5) is 18.9 Å². The van der Waals surface area contributed by atoms with Crippen LogP contribution in [-0.2, 0) is 6.54 Å². The quantitative estimate of drug-likeness (QED) is 0.489. The van der Waals surface area contributed by atoms with E-state index in [0.717, 1.165) is 29.9 Å². The van der Waals surface area contributed by atoms with Gasteiger partial charge < -0.3 is 14.5 Å². The monoisotopic (exact) mass is 482 g/mol. The van der Waals surface area contributed by atoms with Crippen LogP contribution in [0, 0.1) is 17.5 Å². The van der Waals surface area contributed by atoms with Crippen LogP contribution in [0.1, 0.15) is 48.6 Å². The molecule has 2 aromatic heterocycles. The van der Waals surface area contributed by atoms with Crippen LogP contribution in [0.2, 0.25) is 0 Å². The molecule has 2 aliphatic rings. The Balaban J connectivity index is 1.39. The van der Waals surface area contributed by atoms with E-state index in [1.807, 2.05) is 26.2 Å². The van der Waals surface area contributed by atoms with Crippen molar-refractivity contribution >= 4 is 17.8 Å². The Labute approximate surface area is 201 Å². The van der Waals surface area contributed by atoms with Crippen LogP contribution in [0.25, 0.3) is 12.2 Å². The number of pyridine rings is 1. The number of rotatable bonds is 5. The fraction of sp³-hybridized carbons (Fsp3) is 0.320. The third-order valence-corrected chi connectivity index (χ3v) is 6.41. The Kier molecular flexibility index (Phi) is 5.96. The lowest BCUT2D eigenvalue weighted by molar-refractivity contribution is 0.411. The summed E-state index contributed by atoms with van der Waals surface area (Å²) in [7, 11) is 3.64. The number of methoxy groups -OCH3 is 1. The van der Waals surface area contributed by atoms with Gasteiger partial charge in [0.2, 0.25) is 0 Å². The number of nitrogens with zero attached hydrogens (tertiary/aromatic N) is 6. The van der Waals surface area contributed by atoms with Gasteiger partial charge in [-0.1, -0.05) is 0 Å². The second kappa shape index (κ2) is 9.09. The third-order valence-electron chi connectivity index (χ3n) is 6.41.